The first-order valence-electron chi connectivity index (χ1n) is 11.1. The zero-order chi connectivity index (χ0) is 23.3. The van der Waals surface area contributed by atoms with Crippen LogP contribution in [0.4, 0.5) is 23.5 Å². The average molecular weight is 464 g/mol. The maximum Gasteiger partial charge on any atom is 0.280 e. The minimum absolute atomic E-state index is 0.0197. The van der Waals surface area contributed by atoms with Crippen molar-refractivity contribution >= 4 is 29.7 Å². The summed E-state index contributed by atoms with van der Waals surface area (Å²) in [5.74, 6) is 2.38. The minimum atomic E-state index is -0.433. The Balaban J connectivity index is 1.34. The first kappa shape index (κ1) is 21.8. The van der Waals surface area contributed by atoms with Gasteiger partial charge in [0.05, 0.1) is 29.9 Å². The van der Waals surface area contributed by atoms with Crippen molar-refractivity contribution in [3.8, 4) is 11.3 Å². The second kappa shape index (κ2) is 9.83. The van der Waals surface area contributed by atoms with Gasteiger partial charge < -0.3 is 19.0 Å². The Morgan fingerprint density at radius 2 is 1.68 bits per heavy atom. The summed E-state index contributed by atoms with van der Waals surface area (Å²) in [6.45, 7) is 4.52. The lowest BCUT2D eigenvalue weighted by atomic mass is 10.1. The summed E-state index contributed by atoms with van der Waals surface area (Å²) in [7, 11) is 0. The number of morpholine rings is 1. The smallest absolute Gasteiger partial charge is 0.280 e. The molecule has 2 aliphatic heterocycles. The van der Waals surface area contributed by atoms with Gasteiger partial charge in [0.15, 0.2) is 0 Å². The number of nitro groups is 1. The van der Waals surface area contributed by atoms with Crippen LogP contribution in [0.2, 0.25) is 0 Å². The fraction of sp³-hybridized carbons (Fsp3) is 0.364. The lowest BCUT2D eigenvalue weighted by molar-refractivity contribution is -0.384. The van der Waals surface area contributed by atoms with Crippen molar-refractivity contribution in [2.45, 2.75) is 12.8 Å². The van der Waals surface area contributed by atoms with E-state index < -0.39 is 4.92 Å². The third-order valence-electron chi connectivity index (χ3n) is 5.64. The van der Waals surface area contributed by atoms with Crippen LogP contribution in [0.25, 0.3) is 11.3 Å². The molecule has 12 heteroatoms. The number of para-hydroxylation sites is 1. The van der Waals surface area contributed by atoms with E-state index in [0.717, 1.165) is 25.9 Å². The number of benzene rings is 1. The monoisotopic (exact) mass is 464 g/mol. The van der Waals surface area contributed by atoms with Crippen LogP contribution in [0.5, 0.6) is 0 Å². The van der Waals surface area contributed by atoms with Gasteiger partial charge >= 0.3 is 0 Å². The normalized spacial score (nSPS) is 16.4. The zero-order valence-corrected chi connectivity index (χ0v) is 18.5. The molecule has 4 heterocycles. The Hall–Kier alpha value is -4.06. The predicted octanol–water partition coefficient (Wildman–Crippen LogP) is 2.92. The highest BCUT2D eigenvalue weighted by Crippen LogP contribution is 2.30. The molecule has 0 aliphatic carbocycles. The van der Waals surface area contributed by atoms with Crippen molar-refractivity contribution in [1.29, 1.82) is 0 Å². The highest BCUT2D eigenvalue weighted by Gasteiger charge is 2.21. The van der Waals surface area contributed by atoms with E-state index in [1.807, 2.05) is 0 Å². The van der Waals surface area contributed by atoms with Crippen LogP contribution >= 0.6 is 0 Å². The van der Waals surface area contributed by atoms with Crippen molar-refractivity contribution in [2.75, 3.05) is 54.6 Å². The van der Waals surface area contributed by atoms with Gasteiger partial charge in [-0.05, 0) is 31.0 Å². The molecular weight excluding hydrogens is 440 g/mol. The second-order valence-corrected chi connectivity index (χ2v) is 7.90. The largest absolute Gasteiger partial charge is 0.455 e. The van der Waals surface area contributed by atoms with Gasteiger partial charge in [0, 0.05) is 32.2 Å². The number of rotatable bonds is 7. The van der Waals surface area contributed by atoms with Crippen LogP contribution in [0.15, 0.2) is 45.9 Å². The van der Waals surface area contributed by atoms with E-state index in [2.05, 4.69) is 35.3 Å². The standard InChI is InChI=1S/C22H24N8O4/c31-30(32)18-6-2-1-5-17(18)19-8-7-16(34-19)15-23-27-20-24-21(28-9-3-4-10-28)26-22(25-20)29-11-13-33-14-12-29/h1-2,5-8,15H,3-4,9-14H2,(H,24,25,26,27)/b23-15-. The maximum absolute atomic E-state index is 11.3. The first-order chi connectivity index (χ1) is 16.7. The van der Waals surface area contributed by atoms with Crippen molar-refractivity contribution < 1.29 is 14.1 Å². The summed E-state index contributed by atoms with van der Waals surface area (Å²) in [6, 6.07) is 9.80. The number of nitro benzene ring substituents is 1. The molecule has 0 amide bonds. The van der Waals surface area contributed by atoms with Crippen molar-refractivity contribution in [3.63, 3.8) is 0 Å². The summed E-state index contributed by atoms with van der Waals surface area (Å²) in [5.41, 5.74) is 3.26. The van der Waals surface area contributed by atoms with Gasteiger partial charge in [0.1, 0.15) is 11.5 Å². The molecule has 176 valence electrons. The number of ether oxygens (including phenoxy) is 1. The minimum Gasteiger partial charge on any atom is -0.455 e. The molecule has 34 heavy (non-hydrogen) atoms. The number of hydrogen-bond donors (Lipinski definition) is 1. The fourth-order valence-electron chi connectivity index (χ4n) is 3.93. The second-order valence-electron chi connectivity index (χ2n) is 7.90. The quantitative estimate of drug-likeness (QED) is 0.316. The van der Waals surface area contributed by atoms with E-state index in [1.165, 1.54) is 12.3 Å². The van der Waals surface area contributed by atoms with E-state index >= 15 is 0 Å². The van der Waals surface area contributed by atoms with Gasteiger partial charge in [-0.2, -0.15) is 20.1 Å². The number of aromatic nitrogens is 3. The SMILES string of the molecule is O=[N+]([O-])c1ccccc1-c1ccc(/C=N\Nc2nc(N3CCCC3)nc(N3CCOCC3)n2)o1. The number of nitrogens with zero attached hydrogens (tertiary/aromatic N) is 7. The predicted molar refractivity (Wildman–Crippen MR) is 126 cm³/mol. The van der Waals surface area contributed by atoms with Crippen LogP contribution in [0, 0.1) is 10.1 Å². The topological polar surface area (TPSA) is 135 Å². The molecule has 1 aromatic carbocycles. The van der Waals surface area contributed by atoms with Crippen molar-refractivity contribution in [2.24, 2.45) is 5.10 Å². The van der Waals surface area contributed by atoms with E-state index in [9.17, 15) is 10.1 Å². The lowest BCUT2D eigenvalue weighted by Gasteiger charge is -2.27. The average Bonchev–Trinajstić information content (AvgIpc) is 3.57. The zero-order valence-electron chi connectivity index (χ0n) is 18.5. The van der Waals surface area contributed by atoms with E-state index in [-0.39, 0.29) is 5.69 Å². The summed E-state index contributed by atoms with van der Waals surface area (Å²) in [4.78, 5) is 28.8. The molecule has 2 fully saturated rings. The van der Waals surface area contributed by atoms with Gasteiger partial charge in [-0.1, -0.05) is 12.1 Å². The molecular formula is C22H24N8O4. The van der Waals surface area contributed by atoms with E-state index in [4.69, 9.17) is 9.15 Å². The number of hydrogen-bond acceptors (Lipinski definition) is 11. The molecule has 0 radical (unpaired) electrons. The molecule has 5 rings (SSSR count). The summed E-state index contributed by atoms with van der Waals surface area (Å²) in [5, 5.41) is 15.5. The van der Waals surface area contributed by atoms with Crippen LogP contribution < -0.4 is 15.2 Å². The van der Waals surface area contributed by atoms with Crippen LogP contribution in [-0.2, 0) is 4.74 Å². The van der Waals surface area contributed by atoms with Gasteiger partial charge in [0.2, 0.25) is 17.8 Å². The number of furan rings is 1. The third-order valence-corrected chi connectivity index (χ3v) is 5.64. The molecule has 0 atom stereocenters. The van der Waals surface area contributed by atoms with Gasteiger partial charge in [-0.15, -0.1) is 0 Å². The van der Waals surface area contributed by atoms with Gasteiger partial charge in [-0.25, -0.2) is 5.43 Å². The van der Waals surface area contributed by atoms with Crippen LogP contribution in [-0.4, -0.2) is 65.5 Å². The summed E-state index contributed by atoms with van der Waals surface area (Å²) in [6.07, 6.45) is 3.70. The Morgan fingerprint density at radius 1 is 0.971 bits per heavy atom. The third kappa shape index (κ3) is 4.81. The summed E-state index contributed by atoms with van der Waals surface area (Å²) >= 11 is 0. The van der Waals surface area contributed by atoms with Gasteiger partial charge in [-0.3, -0.25) is 10.1 Å². The lowest BCUT2D eigenvalue weighted by Crippen LogP contribution is -2.38. The van der Waals surface area contributed by atoms with Crippen molar-refractivity contribution in [3.05, 3.63) is 52.3 Å². The Kier molecular flexibility index (Phi) is 6.29. The Morgan fingerprint density at radius 3 is 2.41 bits per heavy atom. The maximum atomic E-state index is 11.3. The molecule has 0 unspecified atom stereocenters. The first-order valence-corrected chi connectivity index (χ1v) is 11.1. The summed E-state index contributed by atoms with van der Waals surface area (Å²) < 4.78 is 11.2. The van der Waals surface area contributed by atoms with E-state index in [0.29, 0.717) is 61.2 Å². The molecule has 3 aromatic rings. The van der Waals surface area contributed by atoms with E-state index in [1.54, 1.807) is 30.3 Å². The molecule has 12 nitrogen and oxygen atoms in total. The van der Waals surface area contributed by atoms with Crippen LogP contribution in [0.3, 0.4) is 0 Å². The molecule has 0 saturated carbocycles. The van der Waals surface area contributed by atoms with Crippen LogP contribution in [0.1, 0.15) is 18.6 Å². The molecule has 1 N–H and O–H groups in total. The van der Waals surface area contributed by atoms with Gasteiger partial charge in [0.25, 0.3) is 5.69 Å². The molecule has 2 aromatic heterocycles. The number of nitrogens with one attached hydrogen (secondary N) is 1. The molecule has 2 aliphatic rings. The Labute approximate surface area is 195 Å². The van der Waals surface area contributed by atoms with Crippen molar-refractivity contribution in [1.82, 2.24) is 15.0 Å². The number of hydrazone groups is 1. The highest BCUT2D eigenvalue weighted by molar-refractivity contribution is 5.79. The molecule has 0 bridgehead atoms. The highest BCUT2D eigenvalue weighted by atomic mass is 16.6. The Bertz CT molecular complexity index is 1190. The molecule has 0 spiro atoms. The molecule has 2 saturated heterocycles. The fourth-order valence-corrected chi connectivity index (χ4v) is 3.93. The number of anilines is 3.